The highest BCUT2D eigenvalue weighted by atomic mass is 16.5. The molecule has 1 unspecified atom stereocenters. The van der Waals surface area contributed by atoms with E-state index in [1.54, 1.807) is 11.8 Å². The number of aliphatic hydroxyl groups is 1. The minimum Gasteiger partial charge on any atom is -0.481 e. The van der Waals surface area contributed by atoms with Crippen LogP contribution in [0.5, 0.6) is 5.88 Å². The Bertz CT molecular complexity index is 573. The fourth-order valence-electron chi connectivity index (χ4n) is 2.52. The van der Waals surface area contributed by atoms with Gasteiger partial charge in [-0.3, -0.25) is 0 Å². The molecule has 1 heterocycles. The Balaban J connectivity index is 2.21. The lowest BCUT2D eigenvalue weighted by Crippen LogP contribution is -2.05. The van der Waals surface area contributed by atoms with E-state index in [0.29, 0.717) is 12.3 Å². The summed E-state index contributed by atoms with van der Waals surface area (Å²) < 4.78 is 6.99. The second-order valence-corrected chi connectivity index (χ2v) is 5.02. The van der Waals surface area contributed by atoms with Gasteiger partial charge in [0.2, 0.25) is 5.88 Å². The first-order valence-electron chi connectivity index (χ1n) is 6.90. The van der Waals surface area contributed by atoms with Crippen LogP contribution in [0.1, 0.15) is 35.4 Å². The number of methoxy groups -OCH3 is 1. The highest BCUT2D eigenvalue weighted by molar-refractivity contribution is 5.35. The van der Waals surface area contributed by atoms with Crippen molar-refractivity contribution in [3.8, 4) is 5.88 Å². The van der Waals surface area contributed by atoms with Gasteiger partial charge in [0, 0.05) is 13.5 Å². The van der Waals surface area contributed by atoms with E-state index in [9.17, 15) is 5.11 Å². The van der Waals surface area contributed by atoms with Crippen LogP contribution in [0.3, 0.4) is 0 Å². The van der Waals surface area contributed by atoms with Crippen molar-refractivity contribution in [2.75, 3.05) is 7.11 Å². The standard InChI is InChI=1S/C16H22N2O2/c1-5-12-6-8-13(9-7-12)10-14(19)15-11(2)17-18(3)16(15)20-4/h6-9,14,19H,5,10H2,1-4H3. The maximum Gasteiger partial charge on any atom is 0.217 e. The van der Waals surface area contributed by atoms with Crippen molar-refractivity contribution < 1.29 is 9.84 Å². The first-order chi connectivity index (χ1) is 9.56. The van der Waals surface area contributed by atoms with Crippen molar-refractivity contribution in [1.29, 1.82) is 0 Å². The molecule has 1 aromatic heterocycles. The molecule has 0 radical (unpaired) electrons. The normalized spacial score (nSPS) is 12.4. The molecule has 0 saturated heterocycles. The summed E-state index contributed by atoms with van der Waals surface area (Å²) in [4.78, 5) is 0. The summed E-state index contributed by atoms with van der Waals surface area (Å²) in [5.41, 5.74) is 4.00. The summed E-state index contributed by atoms with van der Waals surface area (Å²) in [6.07, 6.45) is 0.983. The smallest absolute Gasteiger partial charge is 0.217 e. The van der Waals surface area contributed by atoms with Crippen molar-refractivity contribution >= 4 is 0 Å². The van der Waals surface area contributed by atoms with Gasteiger partial charge in [0.1, 0.15) is 0 Å². The number of ether oxygens (including phenoxy) is 1. The maximum atomic E-state index is 10.5. The molecule has 1 N–H and O–H groups in total. The molecular weight excluding hydrogens is 252 g/mol. The molecule has 0 saturated carbocycles. The number of hydrogen-bond acceptors (Lipinski definition) is 3. The van der Waals surface area contributed by atoms with E-state index in [1.807, 2.05) is 14.0 Å². The number of aliphatic hydroxyl groups excluding tert-OH is 1. The van der Waals surface area contributed by atoms with Crippen LogP contribution in [0.2, 0.25) is 0 Å². The van der Waals surface area contributed by atoms with E-state index in [-0.39, 0.29) is 0 Å². The second-order valence-electron chi connectivity index (χ2n) is 5.02. The molecule has 20 heavy (non-hydrogen) atoms. The molecule has 4 heteroatoms. The van der Waals surface area contributed by atoms with Crippen LogP contribution >= 0.6 is 0 Å². The minimum atomic E-state index is -0.605. The summed E-state index contributed by atoms with van der Waals surface area (Å²) in [5.74, 6) is 0.625. The quantitative estimate of drug-likeness (QED) is 0.911. The Labute approximate surface area is 120 Å². The van der Waals surface area contributed by atoms with Gasteiger partial charge in [-0.25, -0.2) is 4.68 Å². The third kappa shape index (κ3) is 2.85. The third-order valence-electron chi connectivity index (χ3n) is 3.60. The van der Waals surface area contributed by atoms with Gasteiger partial charge in [-0.15, -0.1) is 0 Å². The van der Waals surface area contributed by atoms with Crippen LogP contribution in [0.4, 0.5) is 0 Å². The van der Waals surface area contributed by atoms with Crippen LogP contribution in [0, 0.1) is 6.92 Å². The van der Waals surface area contributed by atoms with Gasteiger partial charge in [0.25, 0.3) is 0 Å². The minimum absolute atomic E-state index is 0.562. The van der Waals surface area contributed by atoms with Crippen LogP contribution in [0.15, 0.2) is 24.3 Å². The van der Waals surface area contributed by atoms with E-state index in [2.05, 4.69) is 36.3 Å². The van der Waals surface area contributed by atoms with Gasteiger partial charge in [0.05, 0.1) is 24.5 Å². The fraction of sp³-hybridized carbons (Fsp3) is 0.438. The lowest BCUT2D eigenvalue weighted by Gasteiger charge is -2.12. The van der Waals surface area contributed by atoms with Gasteiger partial charge in [0.15, 0.2) is 0 Å². The van der Waals surface area contributed by atoms with Crippen LogP contribution in [-0.2, 0) is 19.9 Å². The molecule has 4 nitrogen and oxygen atoms in total. The molecular formula is C16H22N2O2. The Morgan fingerprint density at radius 1 is 1.25 bits per heavy atom. The number of hydrogen-bond donors (Lipinski definition) is 1. The largest absolute Gasteiger partial charge is 0.481 e. The summed E-state index contributed by atoms with van der Waals surface area (Å²) in [7, 11) is 3.42. The summed E-state index contributed by atoms with van der Waals surface area (Å²) in [5, 5.41) is 14.8. The Morgan fingerprint density at radius 3 is 2.40 bits per heavy atom. The first kappa shape index (κ1) is 14.6. The highest BCUT2D eigenvalue weighted by Gasteiger charge is 2.21. The number of benzene rings is 1. The number of aryl methyl sites for hydroxylation is 3. The first-order valence-corrected chi connectivity index (χ1v) is 6.90. The summed E-state index contributed by atoms with van der Waals surface area (Å²) >= 11 is 0. The molecule has 1 aromatic carbocycles. The molecule has 0 aliphatic rings. The van der Waals surface area contributed by atoms with Crippen molar-refractivity contribution in [2.24, 2.45) is 7.05 Å². The maximum absolute atomic E-state index is 10.5. The van der Waals surface area contributed by atoms with Gasteiger partial charge in [-0.1, -0.05) is 31.2 Å². The summed E-state index contributed by atoms with van der Waals surface area (Å²) in [6, 6.07) is 8.35. The van der Waals surface area contributed by atoms with Gasteiger partial charge >= 0.3 is 0 Å². The average Bonchev–Trinajstić information content (AvgIpc) is 2.73. The number of aromatic nitrogens is 2. The van der Waals surface area contributed by atoms with E-state index in [4.69, 9.17) is 4.74 Å². The zero-order valence-electron chi connectivity index (χ0n) is 12.6. The Kier molecular flexibility index (Phi) is 4.45. The van der Waals surface area contributed by atoms with E-state index in [0.717, 1.165) is 23.2 Å². The molecule has 108 valence electrons. The molecule has 2 aromatic rings. The van der Waals surface area contributed by atoms with Gasteiger partial charge in [-0.2, -0.15) is 5.10 Å². The highest BCUT2D eigenvalue weighted by Crippen LogP contribution is 2.30. The van der Waals surface area contributed by atoms with Crippen LogP contribution in [-0.4, -0.2) is 22.0 Å². The SMILES string of the molecule is CCc1ccc(CC(O)c2c(C)nn(C)c2OC)cc1. The number of nitrogens with zero attached hydrogens (tertiary/aromatic N) is 2. The topological polar surface area (TPSA) is 47.3 Å². The number of rotatable bonds is 5. The van der Waals surface area contributed by atoms with Crippen molar-refractivity contribution in [2.45, 2.75) is 32.8 Å². The zero-order chi connectivity index (χ0) is 14.7. The molecule has 0 fully saturated rings. The third-order valence-corrected chi connectivity index (χ3v) is 3.60. The van der Waals surface area contributed by atoms with Gasteiger partial charge < -0.3 is 9.84 Å². The molecule has 0 aliphatic heterocycles. The summed E-state index contributed by atoms with van der Waals surface area (Å²) in [6.45, 7) is 4.02. The molecule has 1 atom stereocenters. The van der Waals surface area contributed by atoms with Crippen molar-refractivity contribution in [3.63, 3.8) is 0 Å². The Hall–Kier alpha value is -1.81. The van der Waals surface area contributed by atoms with Crippen LogP contribution in [0.25, 0.3) is 0 Å². The van der Waals surface area contributed by atoms with E-state index >= 15 is 0 Å². The Morgan fingerprint density at radius 2 is 1.85 bits per heavy atom. The van der Waals surface area contributed by atoms with Crippen molar-refractivity contribution in [3.05, 3.63) is 46.6 Å². The predicted molar refractivity (Wildman–Crippen MR) is 79.0 cm³/mol. The average molecular weight is 274 g/mol. The molecule has 2 rings (SSSR count). The predicted octanol–water partition coefficient (Wildman–Crippen LogP) is 2.58. The molecule has 0 bridgehead atoms. The molecule has 0 aliphatic carbocycles. The van der Waals surface area contributed by atoms with E-state index < -0.39 is 6.10 Å². The second kappa shape index (κ2) is 6.09. The molecule has 0 spiro atoms. The van der Waals surface area contributed by atoms with Crippen LogP contribution < -0.4 is 4.74 Å². The lowest BCUT2D eigenvalue weighted by molar-refractivity contribution is 0.172. The van der Waals surface area contributed by atoms with Crippen molar-refractivity contribution in [1.82, 2.24) is 9.78 Å². The zero-order valence-corrected chi connectivity index (χ0v) is 12.6. The molecule has 0 amide bonds. The monoisotopic (exact) mass is 274 g/mol. The van der Waals surface area contributed by atoms with Gasteiger partial charge in [-0.05, 0) is 24.5 Å². The lowest BCUT2D eigenvalue weighted by atomic mass is 10.0. The van der Waals surface area contributed by atoms with E-state index in [1.165, 1.54) is 5.56 Å². The fourth-order valence-corrected chi connectivity index (χ4v) is 2.52.